The van der Waals surface area contributed by atoms with E-state index in [1.165, 1.54) is 25.8 Å². The third-order valence-corrected chi connectivity index (χ3v) is 4.85. The fourth-order valence-corrected chi connectivity index (χ4v) is 2.67. The Morgan fingerprint density at radius 2 is 1.96 bits per heavy atom. The molecule has 1 aromatic heterocycles. The van der Waals surface area contributed by atoms with Crippen molar-refractivity contribution in [2.75, 3.05) is 38.3 Å². The van der Waals surface area contributed by atoms with Crippen molar-refractivity contribution < 1.29 is 19.4 Å². The van der Waals surface area contributed by atoms with Crippen LogP contribution in [0.2, 0.25) is 0 Å². The number of morpholine rings is 1. The van der Waals surface area contributed by atoms with E-state index in [1.54, 1.807) is 6.92 Å². The van der Waals surface area contributed by atoms with Crippen molar-refractivity contribution >= 4 is 17.8 Å². The van der Waals surface area contributed by atoms with E-state index >= 15 is 0 Å². The maximum absolute atomic E-state index is 12.4. The predicted molar refractivity (Wildman–Crippen MR) is 95.4 cm³/mol. The number of aryl methyl sites for hydroxylation is 1. The topological polar surface area (TPSA) is 116 Å². The predicted octanol–water partition coefficient (Wildman–Crippen LogP) is 0.169. The van der Waals surface area contributed by atoms with Gasteiger partial charge in [-0.2, -0.15) is 0 Å². The summed E-state index contributed by atoms with van der Waals surface area (Å²) in [5.74, 6) is -0.914. The molecule has 0 bridgehead atoms. The number of aromatic nitrogens is 2. The van der Waals surface area contributed by atoms with E-state index in [2.05, 4.69) is 9.97 Å². The minimum Gasteiger partial charge on any atom is -0.480 e. The van der Waals surface area contributed by atoms with Crippen molar-refractivity contribution in [1.29, 1.82) is 0 Å². The minimum absolute atomic E-state index is 0.0374. The van der Waals surface area contributed by atoms with Crippen molar-refractivity contribution in [3.63, 3.8) is 0 Å². The number of anilines is 1. The lowest BCUT2D eigenvalue weighted by molar-refractivity contribution is -0.155. The third kappa shape index (κ3) is 4.21. The molecule has 1 saturated heterocycles. The van der Waals surface area contributed by atoms with Gasteiger partial charge in [0.15, 0.2) is 0 Å². The number of amides is 1. The molecular formula is C17H26N4O5. The average Bonchev–Trinajstić information content (AvgIpc) is 2.60. The molecule has 2 N–H and O–H groups in total. The molecule has 1 amide bonds. The van der Waals surface area contributed by atoms with Gasteiger partial charge >= 0.3 is 5.97 Å². The quantitative estimate of drug-likeness (QED) is 0.737. The highest BCUT2D eigenvalue weighted by Crippen LogP contribution is 2.16. The number of hydrogen-bond acceptors (Lipinski definition) is 6. The molecular weight excluding hydrogens is 340 g/mol. The van der Waals surface area contributed by atoms with Crippen molar-refractivity contribution in [1.82, 2.24) is 14.9 Å². The third-order valence-electron chi connectivity index (χ3n) is 4.85. The van der Waals surface area contributed by atoms with Gasteiger partial charge in [0, 0.05) is 37.8 Å². The number of H-pyrrole nitrogens is 1. The highest BCUT2D eigenvalue weighted by Gasteiger charge is 2.34. The molecule has 9 nitrogen and oxygen atoms in total. The van der Waals surface area contributed by atoms with Crippen molar-refractivity contribution in [2.45, 2.75) is 39.2 Å². The second kappa shape index (κ2) is 7.86. The summed E-state index contributed by atoms with van der Waals surface area (Å²) >= 11 is 0. The van der Waals surface area contributed by atoms with Crippen molar-refractivity contribution in [3.8, 4) is 0 Å². The molecule has 1 fully saturated rings. The number of nitrogens with zero attached hydrogens (tertiary/aromatic N) is 3. The van der Waals surface area contributed by atoms with Gasteiger partial charge in [-0.25, -0.2) is 9.78 Å². The Morgan fingerprint density at radius 1 is 1.35 bits per heavy atom. The molecule has 0 aromatic carbocycles. The SMILES string of the molecule is Cc1nc(N2CCOCC2)[nH]c(=O)c1CCC(=O)N(C)C(C)(C)C(=O)O. The average molecular weight is 366 g/mol. The molecule has 0 aliphatic carbocycles. The Morgan fingerprint density at radius 3 is 2.50 bits per heavy atom. The summed E-state index contributed by atoms with van der Waals surface area (Å²) in [6.07, 6.45) is 0.242. The fourth-order valence-electron chi connectivity index (χ4n) is 2.67. The number of carboxylic acid groups (broad SMARTS) is 1. The first-order chi connectivity index (χ1) is 12.1. The molecule has 0 unspecified atom stereocenters. The molecule has 0 spiro atoms. The Labute approximate surface area is 152 Å². The van der Waals surface area contributed by atoms with Crippen LogP contribution in [-0.2, 0) is 20.7 Å². The van der Waals surface area contributed by atoms with E-state index in [1.807, 2.05) is 4.90 Å². The van der Waals surface area contributed by atoms with Crippen LogP contribution in [0.1, 0.15) is 31.5 Å². The van der Waals surface area contributed by atoms with Gasteiger partial charge in [-0.15, -0.1) is 0 Å². The first-order valence-electron chi connectivity index (χ1n) is 8.57. The summed E-state index contributed by atoms with van der Waals surface area (Å²) in [7, 11) is 1.45. The number of carboxylic acids is 1. The number of ether oxygens (including phenoxy) is 1. The van der Waals surface area contributed by atoms with Gasteiger partial charge in [0.05, 0.1) is 13.2 Å². The summed E-state index contributed by atoms with van der Waals surface area (Å²) in [4.78, 5) is 46.4. The molecule has 0 saturated carbocycles. The zero-order valence-electron chi connectivity index (χ0n) is 15.7. The Balaban J connectivity index is 2.09. The number of carbonyl (C=O) groups is 2. The fraction of sp³-hybridized carbons (Fsp3) is 0.647. The van der Waals surface area contributed by atoms with E-state index in [4.69, 9.17) is 4.74 Å². The minimum atomic E-state index is -1.31. The van der Waals surface area contributed by atoms with Gasteiger partial charge in [-0.1, -0.05) is 0 Å². The Hall–Kier alpha value is -2.42. The maximum atomic E-state index is 12.4. The molecule has 0 atom stereocenters. The van der Waals surface area contributed by atoms with Crippen LogP contribution in [0.5, 0.6) is 0 Å². The van der Waals surface area contributed by atoms with E-state index in [-0.39, 0.29) is 24.3 Å². The lowest BCUT2D eigenvalue weighted by atomic mass is 10.0. The van der Waals surface area contributed by atoms with Crippen molar-refractivity contribution in [2.24, 2.45) is 0 Å². The smallest absolute Gasteiger partial charge is 0.329 e. The number of aromatic amines is 1. The van der Waals surface area contributed by atoms with Crippen LogP contribution in [0, 0.1) is 6.92 Å². The molecule has 1 aromatic rings. The van der Waals surface area contributed by atoms with Gasteiger partial charge in [0.2, 0.25) is 11.9 Å². The van der Waals surface area contributed by atoms with Crippen LogP contribution in [0.15, 0.2) is 4.79 Å². The van der Waals surface area contributed by atoms with E-state index in [9.17, 15) is 19.5 Å². The number of likely N-dealkylation sites (N-methyl/N-ethyl adjacent to an activating group) is 1. The maximum Gasteiger partial charge on any atom is 0.329 e. The summed E-state index contributed by atoms with van der Waals surface area (Å²) < 4.78 is 5.29. The van der Waals surface area contributed by atoms with Gasteiger partial charge in [-0.05, 0) is 27.2 Å². The van der Waals surface area contributed by atoms with E-state index < -0.39 is 11.5 Å². The molecule has 144 valence electrons. The lowest BCUT2D eigenvalue weighted by Gasteiger charge is -2.31. The first kappa shape index (κ1) is 19.9. The zero-order valence-corrected chi connectivity index (χ0v) is 15.7. The van der Waals surface area contributed by atoms with Crippen LogP contribution < -0.4 is 10.5 Å². The summed E-state index contributed by atoms with van der Waals surface area (Å²) in [5.41, 5.74) is -0.566. The molecule has 2 heterocycles. The molecule has 1 aliphatic rings. The number of hydrogen-bond donors (Lipinski definition) is 2. The van der Waals surface area contributed by atoms with Crippen LogP contribution >= 0.6 is 0 Å². The second-order valence-electron chi connectivity index (χ2n) is 6.87. The van der Waals surface area contributed by atoms with Gasteiger partial charge < -0.3 is 19.6 Å². The highest BCUT2D eigenvalue weighted by atomic mass is 16.5. The lowest BCUT2D eigenvalue weighted by Crippen LogP contribution is -2.50. The summed E-state index contributed by atoms with van der Waals surface area (Å²) in [6, 6.07) is 0. The molecule has 9 heteroatoms. The number of rotatable bonds is 6. The Bertz CT molecular complexity index is 737. The number of carbonyl (C=O) groups excluding carboxylic acids is 1. The van der Waals surface area contributed by atoms with Crippen molar-refractivity contribution in [3.05, 3.63) is 21.6 Å². The van der Waals surface area contributed by atoms with Crippen LogP contribution in [0.4, 0.5) is 5.95 Å². The Kier molecular flexibility index (Phi) is 6.01. The van der Waals surface area contributed by atoms with Gasteiger partial charge in [0.25, 0.3) is 5.56 Å². The molecule has 26 heavy (non-hydrogen) atoms. The van der Waals surface area contributed by atoms with E-state index in [0.717, 1.165) is 0 Å². The van der Waals surface area contributed by atoms with Crippen LogP contribution in [0.3, 0.4) is 0 Å². The normalized spacial score (nSPS) is 15.0. The number of nitrogens with one attached hydrogen (secondary N) is 1. The van der Waals surface area contributed by atoms with Gasteiger partial charge in [-0.3, -0.25) is 14.6 Å². The molecule has 2 rings (SSSR count). The van der Waals surface area contributed by atoms with Gasteiger partial charge in [0.1, 0.15) is 5.54 Å². The first-order valence-corrected chi connectivity index (χ1v) is 8.57. The standard InChI is InChI=1S/C17H26N4O5/c1-11-12(5-6-13(22)20(4)17(2,3)15(24)25)14(23)19-16(18-11)21-7-9-26-10-8-21/h5-10H2,1-4H3,(H,24,25)(H,18,19,23). The van der Waals surface area contributed by atoms with Crippen LogP contribution in [0.25, 0.3) is 0 Å². The van der Waals surface area contributed by atoms with E-state index in [0.29, 0.717) is 43.5 Å². The molecule has 0 radical (unpaired) electrons. The highest BCUT2D eigenvalue weighted by molar-refractivity contribution is 5.86. The second-order valence-corrected chi connectivity index (χ2v) is 6.87. The monoisotopic (exact) mass is 366 g/mol. The largest absolute Gasteiger partial charge is 0.480 e. The summed E-state index contributed by atoms with van der Waals surface area (Å²) in [6.45, 7) is 7.16. The number of aliphatic carboxylic acids is 1. The zero-order chi connectivity index (χ0) is 19.5. The summed E-state index contributed by atoms with van der Waals surface area (Å²) in [5, 5.41) is 9.22. The van der Waals surface area contributed by atoms with Crippen LogP contribution in [-0.4, -0.2) is 70.7 Å². The molecule has 1 aliphatic heterocycles.